The molecule has 0 spiro atoms. The predicted octanol–water partition coefficient (Wildman–Crippen LogP) is 6.51. The molecule has 3 aromatic rings. The van der Waals surface area contributed by atoms with Crippen LogP contribution in [0.4, 0.5) is 23.1 Å². The highest BCUT2D eigenvalue weighted by Gasteiger charge is 2.23. The monoisotopic (exact) mass is 507 g/mol. The molecule has 7 nitrogen and oxygen atoms in total. The summed E-state index contributed by atoms with van der Waals surface area (Å²) in [5, 5.41) is 11.7. The van der Waals surface area contributed by atoms with Gasteiger partial charge in [0.2, 0.25) is 5.95 Å². The number of rotatable bonds is 9. The van der Waals surface area contributed by atoms with Crippen LogP contribution >= 0.6 is 11.6 Å². The fourth-order valence-electron chi connectivity index (χ4n) is 5.33. The van der Waals surface area contributed by atoms with Gasteiger partial charge >= 0.3 is 0 Å². The zero-order valence-electron chi connectivity index (χ0n) is 21.9. The highest BCUT2D eigenvalue weighted by Crippen LogP contribution is 2.37. The van der Waals surface area contributed by atoms with Crippen LogP contribution in [0.15, 0.2) is 24.5 Å². The van der Waals surface area contributed by atoms with Gasteiger partial charge in [-0.05, 0) is 94.3 Å². The van der Waals surface area contributed by atoms with Crippen LogP contribution < -0.4 is 10.6 Å². The Bertz CT molecular complexity index is 1210. The van der Waals surface area contributed by atoms with E-state index >= 15 is 0 Å². The van der Waals surface area contributed by atoms with E-state index in [1.165, 1.54) is 68.3 Å². The Labute approximate surface area is 219 Å². The van der Waals surface area contributed by atoms with E-state index in [-0.39, 0.29) is 0 Å². The van der Waals surface area contributed by atoms with Crippen molar-refractivity contribution in [2.24, 2.45) is 13.0 Å². The van der Waals surface area contributed by atoms with Crippen molar-refractivity contribution in [3.63, 3.8) is 0 Å². The molecule has 5 rings (SSSR count). The topological polar surface area (TPSA) is 70.9 Å². The summed E-state index contributed by atoms with van der Waals surface area (Å²) in [4.78, 5) is 11.6. The average Bonchev–Trinajstić information content (AvgIpc) is 3.61. The first-order valence-electron chi connectivity index (χ1n) is 13.2. The molecule has 2 N–H and O–H groups in total. The Morgan fingerprint density at radius 1 is 1.03 bits per heavy atom. The Kier molecular flexibility index (Phi) is 7.49. The van der Waals surface area contributed by atoms with Crippen LogP contribution in [-0.4, -0.2) is 44.8 Å². The van der Waals surface area contributed by atoms with E-state index in [2.05, 4.69) is 51.7 Å². The van der Waals surface area contributed by atoms with Crippen molar-refractivity contribution in [2.45, 2.75) is 64.7 Å². The van der Waals surface area contributed by atoms with Gasteiger partial charge in [0.25, 0.3) is 0 Å². The molecule has 2 aliphatic rings. The number of piperidine rings is 1. The number of aryl methyl sites for hydroxylation is 4. The summed E-state index contributed by atoms with van der Waals surface area (Å²) in [6, 6.07) is 4.77. The lowest BCUT2D eigenvalue weighted by Gasteiger charge is -2.30. The molecular weight excluding hydrogens is 470 g/mol. The highest BCUT2D eigenvalue weighted by molar-refractivity contribution is 6.32. The Morgan fingerprint density at radius 2 is 1.81 bits per heavy atom. The molecule has 1 aliphatic heterocycles. The van der Waals surface area contributed by atoms with Crippen LogP contribution in [0.3, 0.4) is 0 Å². The third-order valence-electron chi connectivity index (χ3n) is 7.66. The summed E-state index contributed by atoms with van der Waals surface area (Å²) in [6.07, 6.45) is 12.5. The highest BCUT2D eigenvalue weighted by atomic mass is 35.5. The van der Waals surface area contributed by atoms with Crippen molar-refractivity contribution in [1.82, 2.24) is 24.6 Å². The van der Waals surface area contributed by atoms with Gasteiger partial charge in [0.05, 0.1) is 17.6 Å². The number of likely N-dealkylation sites (tertiary alicyclic amines) is 1. The van der Waals surface area contributed by atoms with Crippen LogP contribution in [0.5, 0.6) is 0 Å². The van der Waals surface area contributed by atoms with Gasteiger partial charge in [-0.3, -0.25) is 4.68 Å². The minimum absolute atomic E-state index is 0.474. The van der Waals surface area contributed by atoms with Crippen molar-refractivity contribution in [1.29, 1.82) is 0 Å². The molecule has 1 saturated heterocycles. The molecule has 8 heteroatoms. The molecule has 36 heavy (non-hydrogen) atoms. The van der Waals surface area contributed by atoms with Gasteiger partial charge in [-0.25, -0.2) is 4.98 Å². The maximum atomic E-state index is 6.44. The second-order valence-electron chi connectivity index (χ2n) is 10.7. The zero-order valence-corrected chi connectivity index (χ0v) is 22.7. The molecule has 0 atom stereocenters. The minimum atomic E-state index is 0.474. The van der Waals surface area contributed by atoms with Crippen LogP contribution in [0.1, 0.15) is 66.8 Å². The first-order chi connectivity index (χ1) is 17.4. The maximum absolute atomic E-state index is 6.44. The van der Waals surface area contributed by atoms with Crippen LogP contribution in [-0.2, 0) is 13.5 Å². The number of anilines is 4. The number of nitrogens with one attached hydrogen (secondary N) is 2. The summed E-state index contributed by atoms with van der Waals surface area (Å²) in [5.74, 6) is 2.70. The van der Waals surface area contributed by atoms with E-state index in [1.54, 1.807) is 10.9 Å². The molecule has 192 valence electrons. The van der Waals surface area contributed by atoms with Gasteiger partial charge in [0.15, 0.2) is 5.82 Å². The van der Waals surface area contributed by atoms with Gasteiger partial charge in [-0.15, -0.1) is 0 Å². The zero-order chi connectivity index (χ0) is 25.2. The molecule has 3 heterocycles. The molecule has 1 saturated carbocycles. The quantitative estimate of drug-likeness (QED) is 0.344. The van der Waals surface area contributed by atoms with Crippen molar-refractivity contribution in [2.75, 3.05) is 30.8 Å². The molecule has 2 fully saturated rings. The lowest BCUT2D eigenvalue weighted by atomic mass is 9.85. The van der Waals surface area contributed by atoms with E-state index in [4.69, 9.17) is 16.6 Å². The molecule has 0 unspecified atom stereocenters. The van der Waals surface area contributed by atoms with E-state index in [1.807, 2.05) is 20.2 Å². The number of halogens is 1. The summed E-state index contributed by atoms with van der Waals surface area (Å²) in [5.41, 5.74) is 7.10. The summed E-state index contributed by atoms with van der Waals surface area (Å²) in [6.45, 7) is 6.55. The van der Waals surface area contributed by atoms with Crippen LogP contribution in [0, 0.1) is 19.8 Å². The number of nitrogens with zero attached hydrogens (tertiary/aromatic N) is 5. The fraction of sp³-hybridized carbons (Fsp3) is 0.536. The van der Waals surface area contributed by atoms with E-state index < -0.39 is 0 Å². The fourth-order valence-corrected chi connectivity index (χ4v) is 5.47. The second kappa shape index (κ2) is 10.8. The first kappa shape index (κ1) is 25.0. The Balaban J connectivity index is 1.40. The normalized spacial score (nSPS) is 16.9. The number of hydrogen-bond acceptors (Lipinski definition) is 6. The Hall–Kier alpha value is -2.64. The van der Waals surface area contributed by atoms with Gasteiger partial charge in [-0.1, -0.05) is 36.9 Å². The molecule has 0 bridgehead atoms. The van der Waals surface area contributed by atoms with Crippen molar-refractivity contribution >= 4 is 34.7 Å². The lowest BCUT2D eigenvalue weighted by molar-refractivity contribution is 0.255. The largest absolute Gasteiger partial charge is 0.336 e. The maximum Gasteiger partial charge on any atom is 0.229 e. The Morgan fingerprint density at radius 3 is 2.50 bits per heavy atom. The van der Waals surface area contributed by atoms with Gasteiger partial charge in [0, 0.05) is 18.9 Å². The van der Waals surface area contributed by atoms with Crippen LogP contribution in [0.25, 0.3) is 0 Å². The first-order valence-corrected chi connectivity index (χ1v) is 13.6. The number of hydrogen-bond donors (Lipinski definition) is 2. The van der Waals surface area contributed by atoms with E-state index in [0.717, 1.165) is 29.4 Å². The van der Waals surface area contributed by atoms with E-state index in [9.17, 15) is 0 Å². The minimum Gasteiger partial charge on any atom is -0.336 e. The number of aromatic nitrogens is 4. The molecule has 0 radical (unpaired) electrons. The summed E-state index contributed by atoms with van der Waals surface area (Å²) >= 11 is 6.44. The molecule has 2 aromatic heterocycles. The van der Waals surface area contributed by atoms with Crippen molar-refractivity contribution in [3.05, 3.63) is 51.9 Å². The number of benzene rings is 1. The third kappa shape index (κ3) is 6.01. The van der Waals surface area contributed by atoms with Crippen molar-refractivity contribution in [3.8, 4) is 0 Å². The van der Waals surface area contributed by atoms with Crippen LogP contribution in [0.2, 0.25) is 5.02 Å². The standard InChI is InChI=1S/C28H38ClN7/c1-18-14-25(32-28-30-16-24(29)27(33-28)31-26-17-36(4)34-19(26)2)22(7-5-6-20-8-9-20)15-23(18)21-10-12-35(3)13-11-21/h14-17,20-21H,5-13H2,1-4H3,(H2,30,31,32,33). The smallest absolute Gasteiger partial charge is 0.229 e. The summed E-state index contributed by atoms with van der Waals surface area (Å²) in [7, 11) is 4.12. The van der Waals surface area contributed by atoms with Gasteiger partial charge in [0.1, 0.15) is 5.02 Å². The lowest BCUT2D eigenvalue weighted by Crippen LogP contribution is -2.29. The van der Waals surface area contributed by atoms with Gasteiger partial charge < -0.3 is 15.5 Å². The molecular formula is C28H38ClN7. The molecule has 1 aliphatic carbocycles. The molecule has 0 amide bonds. The second-order valence-corrected chi connectivity index (χ2v) is 11.1. The SMILES string of the molecule is Cc1cc(Nc2ncc(Cl)c(Nc3cn(C)nc3C)n2)c(CCCC2CC2)cc1C1CCN(C)CC1. The molecule has 1 aromatic carbocycles. The predicted molar refractivity (Wildman–Crippen MR) is 148 cm³/mol. The summed E-state index contributed by atoms with van der Waals surface area (Å²) < 4.78 is 1.77. The average molecular weight is 508 g/mol. The third-order valence-corrected chi connectivity index (χ3v) is 7.94. The van der Waals surface area contributed by atoms with E-state index in [0.29, 0.717) is 22.7 Å². The van der Waals surface area contributed by atoms with Gasteiger partial charge in [-0.2, -0.15) is 10.1 Å². The van der Waals surface area contributed by atoms with Crippen molar-refractivity contribution < 1.29 is 0 Å².